The number of hydrogen-bond donors (Lipinski definition) is 0. The Balaban J connectivity index is 2.20. The molecule has 78 valence electrons. The van der Waals surface area contributed by atoms with E-state index in [4.69, 9.17) is 0 Å². The van der Waals surface area contributed by atoms with Crippen LogP contribution in [0.2, 0.25) is 0 Å². The van der Waals surface area contributed by atoms with Crippen LogP contribution >= 0.6 is 0 Å². The first-order valence-corrected chi connectivity index (χ1v) is 5.70. The molecule has 1 atom stereocenters. The van der Waals surface area contributed by atoms with Gasteiger partial charge in [-0.1, -0.05) is 20.8 Å². The van der Waals surface area contributed by atoms with E-state index in [0.717, 1.165) is 12.5 Å². The molecule has 0 aromatic carbocycles. The molecule has 2 heteroatoms. The molecular formula is C12H20N2. The van der Waals surface area contributed by atoms with Crippen LogP contribution in [0.4, 0.5) is 0 Å². The first kappa shape index (κ1) is 9.75. The van der Waals surface area contributed by atoms with Crippen molar-refractivity contribution in [1.82, 2.24) is 9.78 Å². The van der Waals surface area contributed by atoms with E-state index >= 15 is 0 Å². The second-order valence-electron chi connectivity index (χ2n) is 5.04. The summed E-state index contributed by atoms with van der Waals surface area (Å²) >= 11 is 0. The van der Waals surface area contributed by atoms with Gasteiger partial charge in [0, 0.05) is 12.2 Å². The second kappa shape index (κ2) is 3.76. The summed E-state index contributed by atoms with van der Waals surface area (Å²) in [6, 6.07) is 0. The zero-order chi connectivity index (χ0) is 10.1. The maximum atomic E-state index is 4.49. The Kier molecular flexibility index (Phi) is 2.62. The predicted molar refractivity (Wildman–Crippen MR) is 58.3 cm³/mol. The zero-order valence-electron chi connectivity index (χ0n) is 9.45. The average molecular weight is 192 g/mol. The quantitative estimate of drug-likeness (QED) is 0.704. The highest BCUT2D eigenvalue weighted by molar-refractivity contribution is 5.21. The predicted octanol–water partition coefficient (Wildman–Crippen LogP) is 2.66. The molecule has 1 heterocycles. The van der Waals surface area contributed by atoms with E-state index in [1.165, 1.54) is 30.5 Å². The lowest BCUT2D eigenvalue weighted by atomic mass is 9.89. The fourth-order valence-corrected chi connectivity index (χ4v) is 2.27. The molecule has 0 bridgehead atoms. The first-order chi connectivity index (χ1) is 6.66. The van der Waals surface area contributed by atoms with Crippen LogP contribution in [0.5, 0.6) is 0 Å². The van der Waals surface area contributed by atoms with Gasteiger partial charge in [-0.2, -0.15) is 5.10 Å². The number of rotatable bonds is 2. The van der Waals surface area contributed by atoms with E-state index < -0.39 is 0 Å². The van der Waals surface area contributed by atoms with Gasteiger partial charge in [0.05, 0.1) is 6.20 Å². The van der Waals surface area contributed by atoms with Crippen LogP contribution in [-0.4, -0.2) is 9.78 Å². The van der Waals surface area contributed by atoms with E-state index in [1.54, 1.807) is 0 Å². The maximum Gasteiger partial charge on any atom is 0.0524 e. The van der Waals surface area contributed by atoms with Gasteiger partial charge < -0.3 is 0 Å². The van der Waals surface area contributed by atoms with Crippen LogP contribution in [0.15, 0.2) is 6.20 Å². The molecule has 1 aliphatic carbocycles. The van der Waals surface area contributed by atoms with Gasteiger partial charge in [-0.15, -0.1) is 0 Å². The molecule has 1 aromatic heterocycles. The Bertz CT molecular complexity index is 312. The minimum atomic E-state index is 0.693. The summed E-state index contributed by atoms with van der Waals surface area (Å²) in [7, 11) is 0. The molecule has 2 rings (SSSR count). The normalized spacial score (nSPS) is 21.3. The molecule has 0 fully saturated rings. The van der Waals surface area contributed by atoms with Crippen molar-refractivity contribution in [1.29, 1.82) is 0 Å². The second-order valence-corrected chi connectivity index (χ2v) is 5.04. The molecule has 1 unspecified atom stereocenters. The van der Waals surface area contributed by atoms with Gasteiger partial charge in [0.25, 0.3) is 0 Å². The minimum Gasteiger partial charge on any atom is -0.269 e. The van der Waals surface area contributed by atoms with E-state index in [2.05, 4.69) is 36.7 Å². The monoisotopic (exact) mass is 192 g/mol. The molecule has 0 N–H and O–H groups in total. The Morgan fingerprint density at radius 3 is 3.07 bits per heavy atom. The number of fused-ring (bicyclic) bond motifs is 1. The number of aromatic nitrogens is 2. The van der Waals surface area contributed by atoms with Crippen molar-refractivity contribution in [3.05, 3.63) is 17.5 Å². The van der Waals surface area contributed by atoms with Crippen LogP contribution in [0.3, 0.4) is 0 Å². The molecule has 0 radical (unpaired) electrons. The summed E-state index contributed by atoms with van der Waals surface area (Å²) in [4.78, 5) is 0. The molecule has 0 saturated heterocycles. The highest BCUT2D eigenvalue weighted by Crippen LogP contribution is 2.25. The molecule has 0 aliphatic heterocycles. The van der Waals surface area contributed by atoms with Crippen LogP contribution < -0.4 is 0 Å². The Labute approximate surface area is 86.3 Å². The number of nitrogens with zero attached hydrogens (tertiary/aromatic N) is 2. The van der Waals surface area contributed by atoms with E-state index in [1.807, 2.05) is 0 Å². The molecule has 1 aliphatic rings. The van der Waals surface area contributed by atoms with Crippen LogP contribution in [-0.2, 0) is 19.4 Å². The molecule has 14 heavy (non-hydrogen) atoms. The Morgan fingerprint density at radius 2 is 2.36 bits per heavy atom. The fraction of sp³-hybridized carbons (Fsp3) is 0.750. The molecule has 0 amide bonds. The van der Waals surface area contributed by atoms with Gasteiger partial charge >= 0.3 is 0 Å². The third-order valence-corrected chi connectivity index (χ3v) is 3.02. The van der Waals surface area contributed by atoms with Crippen molar-refractivity contribution in [3.63, 3.8) is 0 Å². The van der Waals surface area contributed by atoms with Crippen molar-refractivity contribution < 1.29 is 0 Å². The van der Waals surface area contributed by atoms with Gasteiger partial charge in [0.15, 0.2) is 0 Å². The smallest absolute Gasteiger partial charge is 0.0524 e. The number of hydrogen-bond acceptors (Lipinski definition) is 1. The van der Waals surface area contributed by atoms with Gasteiger partial charge in [-0.25, -0.2) is 0 Å². The van der Waals surface area contributed by atoms with E-state index in [9.17, 15) is 0 Å². The van der Waals surface area contributed by atoms with Gasteiger partial charge in [0.2, 0.25) is 0 Å². The lowest BCUT2D eigenvalue weighted by molar-refractivity contribution is 0.438. The van der Waals surface area contributed by atoms with Crippen molar-refractivity contribution in [2.45, 2.75) is 46.6 Å². The first-order valence-electron chi connectivity index (χ1n) is 5.70. The summed E-state index contributed by atoms with van der Waals surface area (Å²) in [5.74, 6) is 1.54. The summed E-state index contributed by atoms with van der Waals surface area (Å²) in [5, 5.41) is 4.49. The molecule has 0 saturated carbocycles. The zero-order valence-corrected chi connectivity index (χ0v) is 9.45. The summed E-state index contributed by atoms with van der Waals surface area (Å²) < 4.78 is 2.21. The summed E-state index contributed by atoms with van der Waals surface area (Å²) in [6.07, 6.45) is 5.86. The standard InChI is InChI=1S/C12H20N2/c1-9(2)8-14-12-5-4-10(3)6-11(12)7-13-14/h7,9-10H,4-6,8H2,1-3H3. The van der Waals surface area contributed by atoms with Crippen molar-refractivity contribution in [2.75, 3.05) is 0 Å². The third kappa shape index (κ3) is 1.84. The van der Waals surface area contributed by atoms with Crippen molar-refractivity contribution in [3.8, 4) is 0 Å². The topological polar surface area (TPSA) is 17.8 Å². The largest absolute Gasteiger partial charge is 0.269 e. The minimum absolute atomic E-state index is 0.693. The van der Waals surface area contributed by atoms with Gasteiger partial charge in [-0.05, 0) is 36.7 Å². The van der Waals surface area contributed by atoms with E-state index in [-0.39, 0.29) is 0 Å². The summed E-state index contributed by atoms with van der Waals surface area (Å²) in [5.41, 5.74) is 2.99. The molecule has 0 spiro atoms. The van der Waals surface area contributed by atoms with Gasteiger partial charge in [0.1, 0.15) is 0 Å². The van der Waals surface area contributed by atoms with Crippen molar-refractivity contribution >= 4 is 0 Å². The van der Waals surface area contributed by atoms with Gasteiger partial charge in [-0.3, -0.25) is 4.68 Å². The highest BCUT2D eigenvalue weighted by Gasteiger charge is 2.19. The molecule has 2 nitrogen and oxygen atoms in total. The third-order valence-electron chi connectivity index (χ3n) is 3.02. The van der Waals surface area contributed by atoms with Crippen LogP contribution in [0.25, 0.3) is 0 Å². The van der Waals surface area contributed by atoms with Crippen molar-refractivity contribution in [2.24, 2.45) is 11.8 Å². The lowest BCUT2D eigenvalue weighted by Crippen LogP contribution is -2.16. The molecular weight excluding hydrogens is 172 g/mol. The van der Waals surface area contributed by atoms with Crippen LogP contribution in [0.1, 0.15) is 38.4 Å². The Morgan fingerprint density at radius 1 is 1.57 bits per heavy atom. The van der Waals surface area contributed by atoms with E-state index in [0.29, 0.717) is 5.92 Å². The maximum absolute atomic E-state index is 4.49. The average Bonchev–Trinajstić information content (AvgIpc) is 2.47. The lowest BCUT2D eigenvalue weighted by Gasteiger charge is -2.19. The highest BCUT2D eigenvalue weighted by atomic mass is 15.3. The summed E-state index contributed by atoms with van der Waals surface area (Å²) in [6.45, 7) is 7.91. The SMILES string of the molecule is CC(C)Cn1ncc2c1CCC(C)C2. The fourth-order valence-electron chi connectivity index (χ4n) is 2.27. The Hall–Kier alpha value is -0.790. The van der Waals surface area contributed by atoms with Crippen LogP contribution in [0, 0.1) is 11.8 Å². The molecule has 1 aromatic rings.